The average Bonchev–Trinajstić information content (AvgIpc) is 2.46. The molecular formula is C8H7F4O16P. The zero-order valence-corrected chi connectivity index (χ0v) is 13.7. The van der Waals surface area contributed by atoms with Gasteiger partial charge >= 0.3 is 55.8 Å². The van der Waals surface area contributed by atoms with E-state index < -0.39 is 55.8 Å². The van der Waals surface area contributed by atoms with E-state index in [0.29, 0.717) is 0 Å². The first kappa shape index (κ1) is 36.3. The third-order valence-corrected chi connectivity index (χ3v) is 0.673. The number of carboxylic acid groups (broad SMARTS) is 4. The average molecular weight is 466 g/mol. The summed E-state index contributed by atoms with van der Waals surface area (Å²) in [5.74, 6) is -8.19. The van der Waals surface area contributed by atoms with Gasteiger partial charge in [0.25, 0.3) is 0 Å². The molecule has 0 atom stereocenters. The minimum absolute atomic E-state index is 2.05. The Morgan fingerprint density at radius 1 is 0.448 bits per heavy atom. The van der Waals surface area contributed by atoms with Crippen LogP contribution in [-0.4, -0.2) is 83.1 Å². The minimum Gasteiger partial charge on any atom is -0.473 e. The molecule has 29 heavy (non-hydrogen) atoms. The van der Waals surface area contributed by atoms with Crippen molar-refractivity contribution in [1.29, 1.82) is 0 Å². The summed E-state index contributed by atoms with van der Waals surface area (Å²) in [5, 5.41) is 29.1. The van der Waals surface area contributed by atoms with Crippen LogP contribution >= 0.6 is 7.82 Å². The predicted molar refractivity (Wildman–Crippen MR) is 69.3 cm³/mol. The van der Waals surface area contributed by atoms with Crippen molar-refractivity contribution in [1.82, 2.24) is 0 Å². The quantitative estimate of drug-likeness (QED) is 0.0962. The molecule has 0 saturated heterocycles. The highest BCUT2D eigenvalue weighted by molar-refractivity contribution is 7.45. The molecule has 0 bridgehead atoms. The maximum Gasteiger partial charge on any atom is 0.466 e. The first-order valence-corrected chi connectivity index (χ1v) is 6.63. The van der Waals surface area contributed by atoms with Gasteiger partial charge in [0.2, 0.25) is 0 Å². The van der Waals surface area contributed by atoms with Crippen LogP contribution in [0.15, 0.2) is 0 Å². The van der Waals surface area contributed by atoms with E-state index in [9.17, 15) is 17.6 Å². The van der Waals surface area contributed by atoms with Crippen molar-refractivity contribution in [2.24, 2.45) is 0 Å². The number of carbonyl (C=O) groups is 8. The van der Waals surface area contributed by atoms with Crippen molar-refractivity contribution in [3.05, 3.63) is 0 Å². The van der Waals surface area contributed by atoms with Crippen LogP contribution in [0.1, 0.15) is 0 Å². The second kappa shape index (κ2) is 19.2. The van der Waals surface area contributed by atoms with Crippen molar-refractivity contribution in [2.45, 2.75) is 0 Å². The number of halogens is 4. The monoisotopic (exact) mass is 466 g/mol. The number of carbonyl (C=O) groups excluding carboxylic acids is 4. The highest BCUT2D eigenvalue weighted by atomic mass is 31.2. The lowest BCUT2D eigenvalue weighted by molar-refractivity contribution is -0.154. The van der Waals surface area contributed by atoms with Gasteiger partial charge in [-0.3, -0.25) is 0 Å². The van der Waals surface area contributed by atoms with E-state index in [2.05, 4.69) is 0 Å². The van der Waals surface area contributed by atoms with Crippen LogP contribution in [0.5, 0.6) is 0 Å². The van der Waals surface area contributed by atoms with Crippen LogP contribution in [0.2, 0.25) is 0 Å². The summed E-state index contributed by atoms with van der Waals surface area (Å²) >= 11 is 0. The van der Waals surface area contributed by atoms with E-state index >= 15 is 0 Å². The Morgan fingerprint density at radius 3 is 0.483 bits per heavy atom. The van der Waals surface area contributed by atoms with E-state index in [1.807, 2.05) is 0 Å². The van der Waals surface area contributed by atoms with Gasteiger partial charge < -0.3 is 35.1 Å². The van der Waals surface area contributed by atoms with E-state index in [0.717, 1.165) is 0 Å². The van der Waals surface area contributed by atoms with E-state index in [4.69, 9.17) is 78.0 Å². The number of rotatable bonds is 4. The fourth-order valence-electron chi connectivity index (χ4n) is 0. The lowest BCUT2D eigenvalue weighted by Crippen LogP contribution is -2.04. The second-order valence-electron chi connectivity index (χ2n) is 2.83. The van der Waals surface area contributed by atoms with E-state index in [-0.39, 0.29) is 0 Å². The molecule has 0 aliphatic heterocycles. The predicted octanol–water partition coefficient (Wildman–Crippen LogP) is -2.66. The van der Waals surface area contributed by atoms with Crippen LogP contribution in [0.4, 0.5) is 17.6 Å². The lowest BCUT2D eigenvalue weighted by Gasteiger charge is -1.82. The zero-order chi connectivity index (χ0) is 25.1. The van der Waals surface area contributed by atoms with Crippen molar-refractivity contribution in [2.75, 3.05) is 0 Å². The number of aliphatic carboxylic acids is 4. The van der Waals surface area contributed by atoms with Crippen molar-refractivity contribution in [3.8, 4) is 0 Å². The Bertz CT molecular complexity index is 528. The van der Waals surface area contributed by atoms with Gasteiger partial charge in [0.05, 0.1) is 0 Å². The van der Waals surface area contributed by atoms with Crippen LogP contribution in [0.25, 0.3) is 0 Å². The summed E-state index contributed by atoms with van der Waals surface area (Å²) in [5.41, 5.74) is 0. The number of hydrogen-bond donors (Lipinski definition) is 7. The molecule has 0 saturated carbocycles. The molecule has 168 valence electrons. The van der Waals surface area contributed by atoms with E-state index in [1.165, 1.54) is 0 Å². The smallest absolute Gasteiger partial charge is 0.466 e. The molecule has 0 aliphatic rings. The standard InChI is InChI=1S/4C2HFO3.H3O4P/c4*3-1(4)2(5)6;1-5(2,3)4/h4*(H,5,6);(H3,1,2,3,4). The van der Waals surface area contributed by atoms with Crippen LogP contribution in [-0.2, 0) is 42.9 Å². The van der Waals surface area contributed by atoms with Gasteiger partial charge in [-0.1, -0.05) is 0 Å². The molecule has 0 spiro atoms. The van der Waals surface area contributed by atoms with Gasteiger partial charge in [0.1, 0.15) is 0 Å². The summed E-state index contributed by atoms with van der Waals surface area (Å²) < 4.78 is 51.2. The third-order valence-electron chi connectivity index (χ3n) is 0.673. The number of carboxylic acids is 4. The third kappa shape index (κ3) is 79.6. The van der Waals surface area contributed by atoms with Crippen LogP contribution in [0.3, 0.4) is 0 Å². The Balaban J connectivity index is -0.0000000829. The maximum absolute atomic E-state index is 10.6. The first-order chi connectivity index (χ1) is 12.6. The molecule has 0 aromatic carbocycles. The molecule has 7 N–H and O–H groups in total. The molecule has 0 rings (SSSR count). The molecule has 0 aliphatic carbocycles. The summed E-state index contributed by atoms with van der Waals surface area (Å²) in [4.78, 5) is 93.0. The minimum atomic E-state index is -4.64. The molecule has 16 nitrogen and oxygen atoms in total. The summed E-state index contributed by atoms with van der Waals surface area (Å²) in [6, 6.07) is -9.30. The van der Waals surface area contributed by atoms with Gasteiger partial charge in [0.15, 0.2) is 0 Å². The molecule has 21 heteroatoms. The SMILES string of the molecule is O=C(O)C(=O)F.O=C(O)C(=O)F.O=C(O)C(=O)F.O=C(O)C(=O)F.O=P(O)(O)O. The molecule has 0 amide bonds. The summed E-state index contributed by atoms with van der Waals surface area (Å²) in [6.07, 6.45) is 0. The van der Waals surface area contributed by atoms with Crippen molar-refractivity contribution in [3.63, 3.8) is 0 Å². The normalized spacial score (nSPS) is 8.24. The Kier molecular flexibility index (Phi) is 24.0. The largest absolute Gasteiger partial charge is 0.473 e. The highest BCUT2D eigenvalue weighted by Gasteiger charge is 2.07. The zero-order valence-electron chi connectivity index (χ0n) is 12.8. The van der Waals surface area contributed by atoms with Gasteiger partial charge in [-0.15, -0.1) is 0 Å². The van der Waals surface area contributed by atoms with Gasteiger partial charge in [-0.05, 0) is 0 Å². The maximum atomic E-state index is 10.6. The first-order valence-electron chi connectivity index (χ1n) is 5.07. The number of phosphoric acid groups is 1. The highest BCUT2D eigenvalue weighted by Crippen LogP contribution is 2.25. The van der Waals surface area contributed by atoms with Gasteiger partial charge in [-0.2, -0.15) is 17.6 Å². The molecule has 0 aromatic heterocycles. The van der Waals surface area contributed by atoms with Gasteiger partial charge in [0, 0.05) is 0 Å². The lowest BCUT2D eigenvalue weighted by atomic mass is 10.8. The van der Waals surface area contributed by atoms with Crippen molar-refractivity contribution >= 4 is 55.8 Å². The van der Waals surface area contributed by atoms with Crippen LogP contribution < -0.4 is 0 Å². The molecule has 0 fully saturated rings. The van der Waals surface area contributed by atoms with Crippen LogP contribution in [0, 0.1) is 0 Å². The molecule has 0 aromatic rings. The fourth-order valence-corrected chi connectivity index (χ4v) is 0. The molecule has 0 radical (unpaired) electrons. The van der Waals surface area contributed by atoms with Crippen molar-refractivity contribution < 1.29 is 95.6 Å². The topological polar surface area (TPSA) is 295 Å². The molecule has 0 unspecified atom stereocenters. The molecular weight excluding hydrogens is 459 g/mol. The second-order valence-corrected chi connectivity index (χ2v) is 3.86. The Labute approximate surface area is 152 Å². The summed E-state index contributed by atoms with van der Waals surface area (Å²) in [7, 11) is -4.64. The number of hydrogen-bond acceptors (Lipinski definition) is 9. The Morgan fingerprint density at radius 2 is 0.483 bits per heavy atom. The fraction of sp³-hybridized carbons (Fsp3) is 0. The Hall–Kier alpha value is -3.61. The summed E-state index contributed by atoms with van der Waals surface area (Å²) in [6.45, 7) is 0. The van der Waals surface area contributed by atoms with Gasteiger partial charge in [-0.25, -0.2) is 42.9 Å². The van der Waals surface area contributed by atoms with E-state index in [1.54, 1.807) is 0 Å². The molecule has 0 heterocycles.